The van der Waals surface area contributed by atoms with Crippen molar-refractivity contribution < 1.29 is 9.90 Å². The number of benzene rings is 2. The summed E-state index contributed by atoms with van der Waals surface area (Å²) < 4.78 is 0. The van der Waals surface area contributed by atoms with Gasteiger partial charge in [-0.15, -0.1) is 0 Å². The topological polar surface area (TPSA) is 43.8 Å². The molecule has 0 atom stereocenters. The van der Waals surface area contributed by atoms with Crippen LogP contribution in [0.2, 0.25) is 0 Å². The summed E-state index contributed by atoms with van der Waals surface area (Å²) in [4.78, 5) is 17.5. The largest absolute Gasteiger partial charge is 0.384 e. The van der Waals surface area contributed by atoms with E-state index in [1.807, 2.05) is 65.6 Å². The number of amides is 1. The Morgan fingerprint density at radius 3 is 1.92 bits per heavy atom. The summed E-state index contributed by atoms with van der Waals surface area (Å²) in [5, 5.41) is 8.74. The minimum Gasteiger partial charge on any atom is -0.384 e. The highest BCUT2D eigenvalue weighted by atomic mass is 16.2. The lowest BCUT2D eigenvalue weighted by atomic mass is 9.90. The molecule has 1 saturated heterocycles. The molecule has 0 aromatic heterocycles. The normalized spacial score (nSPS) is 14.8. The summed E-state index contributed by atoms with van der Waals surface area (Å²) >= 11 is 0. The van der Waals surface area contributed by atoms with Crippen LogP contribution >= 0.6 is 0 Å². The van der Waals surface area contributed by atoms with E-state index in [-0.39, 0.29) is 18.4 Å². The molecule has 2 aromatic carbocycles. The van der Waals surface area contributed by atoms with E-state index in [0.29, 0.717) is 19.6 Å². The van der Waals surface area contributed by atoms with Crippen LogP contribution in [0.4, 0.5) is 0 Å². The summed E-state index contributed by atoms with van der Waals surface area (Å²) in [5.74, 6) is 5.51. The third-order valence-electron chi connectivity index (χ3n) is 4.70. The standard InChI is InChI=1S/C22H24N2O2/c25-18-8-7-13-23-14-16-24(17-15-23)22(26)21(19-9-3-1-4-10-19)20-11-5-2-6-12-20/h1-6,9-12,21,25H,13-18H2. The van der Waals surface area contributed by atoms with Crippen molar-refractivity contribution in [3.8, 4) is 11.8 Å². The molecule has 0 radical (unpaired) electrons. The molecule has 0 saturated carbocycles. The Balaban J connectivity index is 1.73. The number of carbonyl (C=O) groups excluding carboxylic acids is 1. The van der Waals surface area contributed by atoms with Crippen LogP contribution in [0.3, 0.4) is 0 Å². The molecular weight excluding hydrogens is 324 g/mol. The molecule has 1 aliphatic rings. The molecule has 0 aliphatic carbocycles. The third kappa shape index (κ3) is 4.51. The van der Waals surface area contributed by atoms with Crippen molar-refractivity contribution in [1.29, 1.82) is 0 Å². The molecule has 1 aliphatic heterocycles. The van der Waals surface area contributed by atoms with E-state index in [4.69, 9.17) is 5.11 Å². The van der Waals surface area contributed by atoms with Gasteiger partial charge in [-0.2, -0.15) is 0 Å². The van der Waals surface area contributed by atoms with Crippen LogP contribution in [-0.2, 0) is 4.79 Å². The van der Waals surface area contributed by atoms with Crippen molar-refractivity contribution in [3.05, 3.63) is 71.8 Å². The number of carbonyl (C=O) groups is 1. The first kappa shape index (κ1) is 18.2. The predicted octanol–water partition coefficient (Wildman–Crippen LogP) is 1.96. The minimum absolute atomic E-state index is 0.103. The zero-order valence-electron chi connectivity index (χ0n) is 14.8. The van der Waals surface area contributed by atoms with Gasteiger partial charge in [-0.3, -0.25) is 9.69 Å². The first-order valence-corrected chi connectivity index (χ1v) is 8.97. The van der Waals surface area contributed by atoms with Crippen LogP contribution in [0.1, 0.15) is 17.0 Å². The predicted molar refractivity (Wildman–Crippen MR) is 103 cm³/mol. The van der Waals surface area contributed by atoms with E-state index in [1.165, 1.54) is 0 Å². The number of rotatable bonds is 4. The molecule has 0 unspecified atom stereocenters. The van der Waals surface area contributed by atoms with Gasteiger partial charge in [0.2, 0.25) is 5.91 Å². The molecule has 26 heavy (non-hydrogen) atoms. The van der Waals surface area contributed by atoms with Crippen molar-refractivity contribution in [3.63, 3.8) is 0 Å². The van der Waals surface area contributed by atoms with Crippen LogP contribution in [0.5, 0.6) is 0 Å². The van der Waals surface area contributed by atoms with E-state index in [0.717, 1.165) is 24.2 Å². The third-order valence-corrected chi connectivity index (χ3v) is 4.70. The minimum atomic E-state index is -0.266. The van der Waals surface area contributed by atoms with Gasteiger partial charge in [0.25, 0.3) is 0 Å². The van der Waals surface area contributed by atoms with Gasteiger partial charge < -0.3 is 10.0 Å². The summed E-state index contributed by atoms with van der Waals surface area (Å²) in [5.41, 5.74) is 2.06. The van der Waals surface area contributed by atoms with Crippen molar-refractivity contribution in [1.82, 2.24) is 9.80 Å². The summed E-state index contributed by atoms with van der Waals surface area (Å²) in [7, 11) is 0. The molecule has 0 spiro atoms. The molecule has 134 valence electrons. The molecule has 4 heteroatoms. The smallest absolute Gasteiger partial charge is 0.234 e. The highest BCUT2D eigenvalue weighted by Crippen LogP contribution is 2.27. The zero-order valence-corrected chi connectivity index (χ0v) is 14.8. The molecule has 0 bridgehead atoms. The lowest BCUT2D eigenvalue weighted by Crippen LogP contribution is -2.50. The van der Waals surface area contributed by atoms with Crippen LogP contribution in [0.15, 0.2) is 60.7 Å². The van der Waals surface area contributed by atoms with Gasteiger partial charge in [0.15, 0.2) is 0 Å². The number of nitrogens with zero attached hydrogens (tertiary/aromatic N) is 2. The van der Waals surface area contributed by atoms with Gasteiger partial charge in [-0.25, -0.2) is 0 Å². The number of aliphatic hydroxyl groups excluding tert-OH is 1. The number of hydrogen-bond acceptors (Lipinski definition) is 3. The Morgan fingerprint density at radius 1 is 0.885 bits per heavy atom. The van der Waals surface area contributed by atoms with E-state index < -0.39 is 0 Å². The second-order valence-corrected chi connectivity index (χ2v) is 6.37. The van der Waals surface area contributed by atoms with Gasteiger partial charge in [0, 0.05) is 26.2 Å². The molecule has 1 heterocycles. The van der Waals surface area contributed by atoms with Crippen LogP contribution in [-0.4, -0.2) is 60.1 Å². The highest BCUT2D eigenvalue weighted by molar-refractivity contribution is 5.87. The number of hydrogen-bond donors (Lipinski definition) is 1. The quantitative estimate of drug-likeness (QED) is 0.859. The monoisotopic (exact) mass is 348 g/mol. The van der Waals surface area contributed by atoms with Gasteiger partial charge in [-0.05, 0) is 11.1 Å². The second-order valence-electron chi connectivity index (χ2n) is 6.37. The van der Waals surface area contributed by atoms with Crippen LogP contribution in [0.25, 0.3) is 0 Å². The number of piperazine rings is 1. The highest BCUT2D eigenvalue weighted by Gasteiger charge is 2.29. The van der Waals surface area contributed by atoms with Gasteiger partial charge in [0.1, 0.15) is 6.61 Å². The van der Waals surface area contributed by atoms with E-state index in [9.17, 15) is 4.79 Å². The summed E-state index contributed by atoms with van der Waals surface area (Å²) in [6.45, 7) is 3.56. The molecule has 4 nitrogen and oxygen atoms in total. The average molecular weight is 348 g/mol. The lowest BCUT2D eigenvalue weighted by molar-refractivity contribution is -0.133. The lowest BCUT2D eigenvalue weighted by Gasteiger charge is -2.36. The Kier molecular flexibility index (Phi) is 6.43. The molecule has 2 aromatic rings. The molecular formula is C22H24N2O2. The van der Waals surface area contributed by atoms with Gasteiger partial charge in [-0.1, -0.05) is 72.5 Å². The first-order chi connectivity index (χ1) is 12.8. The fourth-order valence-corrected chi connectivity index (χ4v) is 3.30. The molecule has 1 N–H and O–H groups in total. The Morgan fingerprint density at radius 2 is 1.42 bits per heavy atom. The maximum Gasteiger partial charge on any atom is 0.234 e. The van der Waals surface area contributed by atoms with Crippen LogP contribution < -0.4 is 0 Å². The number of aliphatic hydroxyl groups is 1. The first-order valence-electron chi connectivity index (χ1n) is 8.97. The average Bonchev–Trinajstić information content (AvgIpc) is 2.70. The summed E-state index contributed by atoms with van der Waals surface area (Å²) in [6.07, 6.45) is 0. The van der Waals surface area contributed by atoms with Crippen molar-refractivity contribution in [2.75, 3.05) is 39.3 Å². The summed E-state index contributed by atoms with van der Waals surface area (Å²) in [6, 6.07) is 20.0. The van der Waals surface area contributed by atoms with Gasteiger partial charge in [0.05, 0.1) is 12.5 Å². The van der Waals surface area contributed by atoms with Gasteiger partial charge >= 0.3 is 0 Å². The second kappa shape index (κ2) is 9.19. The Hall–Kier alpha value is -2.61. The SMILES string of the molecule is O=C(C(c1ccccc1)c1ccccc1)N1CCN(CC#CCO)CC1. The molecule has 1 fully saturated rings. The molecule has 1 amide bonds. The van der Waals surface area contributed by atoms with Crippen molar-refractivity contribution >= 4 is 5.91 Å². The van der Waals surface area contributed by atoms with E-state index >= 15 is 0 Å². The zero-order chi connectivity index (χ0) is 18.2. The van der Waals surface area contributed by atoms with Crippen LogP contribution in [0, 0.1) is 11.8 Å². The Bertz CT molecular complexity index is 717. The Labute approximate surface area is 155 Å². The van der Waals surface area contributed by atoms with Crippen molar-refractivity contribution in [2.45, 2.75) is 5.92 Å². The van der Waals surface area contributed by atoms with E-state index in [1.54, 1.807) is 0 Å². The fourth-order valence-electron chi connectivity index (χ4n) is 3.30. The fraction of sp³-hybridized carbons (Fsp3) is 0.318. The van der Waals surface area contributed by atoms with E-state index in [2.05, 4.69) is 16.7 Å². The molecule has 3 rings (SSSR count). The maximum absolute atomic E-state index is 13.3. The maximum atomic E-state index is 13.3. The van der Waals surface area contributed by atoms with Crippen molar-refractivity contribution in [2.24, 2.45) is 0 Å².